The number of anilines is 1. The summed E-state index contributed by atoms with van der Waals surface area (Å²) in [5.74, 6) is 0.733. The lowest BCUT2D eigenvalue weighted by Crippen LogP contribution is -2.27. The summed E-state index contributed by atoms with van der Waals surface area (Å²) in [6.07, 6.45) is 2.71. The average molecular weight is 217 g/mol. The summed E-state index contributed by atoms with van der Waals surface area (Å²) in [6.45, 7) is 4.14. The molecule has 0 atom stereocenters. The Morgan fingerprint density at radius 3 is 2.81 bits per heavy atom. The van der Waals surface area contributed by atoms with Gasteiger partial charge in [0.05, 0.1) is 0 Å². The first-order valence-corrected chi connectivity index (χ1v) is 5.30. The van der Waals surface area contributed by atoms with Crippen molar-refractivity contribution in [3.05, 3.63) is 30.1 Å². The Morgan fingerprint density at radius 1 is 1.44 bits per heavy atom. The van der Waals surface area contributed by atoms with Crippen molar-refractivity contribution in [3.8, 4) is 0 Å². The fraction of sp³-hybridized carbons (Fsp3) is 0.333. The summed E-state index contributed by atoms with van der Waals surface area (Å²) in [6, 6.07) is 6.00. The number of rotatable bonds is 3. The first-order valence-electron chi connectivity index (χ1n) is 5.30. The van der Waals surface area contributed by atoms with Crippen LogP contribution in [0.5, 0.6) is 0 Å². The van der Waals surface area contributed by atoms with E-state index in [0.29, 0.717) is 11.7 Å². The number of fused-ring (bicyclic) bond motifs is 1. The summed E-state index contributed by atoms with van der Waals surface area (Å²) in [4.78, 5) is 17.6. The Labute approximate surface area is 94.5 Å². The average Bonchev–Trinajstić information content (AvgIpc) is 2.65. The van der Waals surface area contributed by atoms with Gasteiger partial charge in [0.25, 0.3) is 0 Å². The van der Waals surface area contributed by atoms with Crippen molar-refractivity contribution in [1.82, 2.24) is 9.38 Å². The van der Waals surface area contributed by atoms with E-state index in [4.69, 9.17) is 0 Å². The molecule has 4 nitrogen and oxygen atoms in total. The van der Waals surface area contributed by atoms with E-state index >= 15 is 0 Å². The van der Waals surface area contributed by atoms with Gasteiger partial charge in [-0.3, -0.25) is 9.20 Å². The van der Waals surface area contributed by atoms with Crippen molar-refractivity contribution >= 4 is 17.8 Å². The van der Waals surface area contributed by atoms with Crippen LogP contribution in [-0.2, 0) is 0 Å². The van der Waals surface area contributed by atoms with E-state index < -0.39 is 0 Å². The van der Waals surface area contributed by atoms with Crippen LogP contribution in [-0.4, -0.2) is 28.8 Å². The molecule has 0 unspecified atom stereocenters. The van der Waals surface area contributed by atoms with Gasteiger partial charge in [0.15, 0.2) is 12.1 Å². The number of aromatic nitrogens is 2. The maximum absolute atomic E-state index is 11.1. The Morgan fingerprint density at radius 2 is 2.19 bits per heavy atom. The maximum Gasteiger partial charge on any atom is 0.170 e. The van der Waals surface area contributed by atoms with Crippen molar-refractivity contribution < 1.29 is 4.79 Å². The van der Waals surface area contributed by atoms with Gasteiger partial charge >= 0.3 is 0 Å². The zero-order valence-corrected chi connectivity index (χ0v) is 9.71. The summed E-state index contributed by atoms with van der Waals surface area (Å²) in [5.41, 5.74) is 1.40. The third-order valence-electron chi connectivity index (χ3n) is 2.77. The molecule has 0 saturated heterocycles. The van der Waals surface area contributed by atoms with Gasteiger partial charge in [0.1, 0.15) is 11.3 Å². The highest BCUT2D eigenvalue weighted by atomic mass is 16.1. The van der Waals surface area contributed by atoms with Crippen LogP contribution >= 0.6 is 0 Å². The molecule has 0 amide bonds. The Bertz CT molecular complexity index is 516. The fourth-order valence-corrected chi connectivity index (χ4v) is 1.62. The van der Waals surface area contributed by atoms with Crippen LogP contribution in [0.25, 0.3) is 5.65 Å². The SMILES string of the molecule is CC(C)N(C)c1nc2ccccn2c1C=O. The molecule has 84 valence electrons. The monoisotopic (exact) mass is 217 g/mol. The van der Waals surface area contributed by atoms with Crippen LogP contribution in [0.3, 0.4) is 0 Å². The summed E-state index contributed by atoms with van der Waals surface area (Å²) < 4.78 is 1.81. The lowest BCUT2D eigenvalue weighted by atomic mass is 10.3. The zero-order chi connectivity index (χ0) is 11.7. The zero-order valence-electron chi connectivity index (χ0n) is 9.71. The van der Waals surface area contributed by atoms with E-state index in [-0.39, 0.29) is 0 Å². The van der Waals surface area contributed by atoms with E-state index in [1.54, 1.807) is 4.40 Å². The van der Waals surface area contributed by atoms with Gasteiger partial charge in [-0.05, 0) is 26.0 Å². The third-order valence-corrected chi connectivity index (χ3v) is 2.77. The smallest absolute Gasteiger partial charge is 0.170 e. The van der Waals surface area contributed by atoms with Gasteiger partial charge in [0, 0.05) is 19.3 Å². The molecule has 16 heavy (non-hydrogen) atoms. The van der Waals surface area contributed by atoms with Crippen molar-refractivity contribution in [2.24, 2.45) is 0 Å². The van der Waals surface area contributed by atoms with Crippen molar-refractivity contribution in [2.45, 2.75) is 19.9 Å². The topological polar surface area (TPSA) is 37.6 Å². The van der Waals surface area contributed by atoms with E-state index in [9.17, 15) is 4.79 Å². The van der Waals surface area contributed by atoms with Gasteiger partial charge in [0.2, 0.25) is 0 Å². The molecule has 0 aliphatic rings. The van der Waals surface area contributed by atoms with E-state index in [0.717, 1.165) is 17.8 Å². The molecular formula is C12H15N3O. The second-order valence-corrected chi connectivity index (χ2v) is 4.07. The maximum atomic E-state index is 11.1. The number of carbonyl (C=O) groups is 1. The second kappa shape index (κ2) is 3.96. The first-order chi connectivity index (χ1) is 7.65. The summed E-state index contributed by atoms with van der Waals surface area (Å²) in [5, 5.41) is 0. The molecule has 2 heterocycles. The number of nitrogens with zero attached hydrogens (tertiary/aromatic N) is 3. The molecule has 0 aliphatic heterocycles. The Hall–Kier alpha value is -1.84. The lowest BCUT2D eigenvalue weighted by molar-refractivity contribution is 0.111. The minimum absolute atomic E-state index is 0.309. The van der Waals surface area contributed by atoms with Crippen LogP contribution in [0.4, 0.5) is 5.82 Å². The predicted molar refractivity (Wildman–Crippen MR) is 64.1 cm³/mol. The summed E-state index contributed by atoms with van der Waals surface area (Å²) >= 11 is 0. The predicted octanol–water partition coefficient (Wildman–Crippen LogP) is 1.99. The van der Waals surface area contributed by atoms with E-state index in [1.807, 2.05) is 36.3 Å². The molecule has 4 heteroatoms. The van der Waals surface area contributed by atoms with Crippen LogP contribution in [0, 0.1) is 0 Å². The van der Waals surface area contributed by atoms with Gasteiger partial charge in [-0.25, -0.2) is 4.98 Å². The molecular weight excluding hydrogens is 202 g/mol. The Kier molecular flexibility index (Phi) is 2.64. The highest BCUT2D eigenvalue weighted by molar-refractivity contribution is 5.83. The van der Waals surface area contributed by atoms with Crippen LogP contribution < -0.4 is 4.90 Å². The molecule has 0 fully saturated rings. The highest BCUT2D eigenvalue weighted by Gasteiger charge is 2.16. The van der Waals surface area contributed by atoms with Crippen LogP contribution in [0.15, 0.2) is 24.4 Å². The van der Waals surface area contributed by atoms with Crippen molar-refractivity contribution in [2.75, 3.05) is 11.9 Å². The molecule has 0 bridgehead atoms. The van der Waals surface area contributed by atoms with Gasteiger partial charge in [-0.1, -0.05) is 6.07 Å². The quantitative estimate of drug-likeness (QED) is 0.738. The minimum atomic E-state index is 0.309. The number of imidazole rings is 1. The molecule has 0 N–H and O–H groups in total. The number of pyridine rings is 1. The molecule has 2 aromatic heterocycles. The van der Waals surface area contributed by atoms with Crippen LogP contribution in [0.1, 0.15) is 24.3 Å². The number of aldehydes is 1. The Balaban J connectivity index is 2.65. The van der Waals surface area contributed by atoms with Crippen molar-refractivity contribution in [3.63, 3.8) is 0 Å². The number of carbonyl (C=O) groups excluding carboxylic acids is 1. The molecule has 0 aromatic carbocycles. The standard InChI is InChI=1S/C12H15N3O/c1-9(2)14(3)12-10(8-16)15-7-5-4-6-11(15)13-12/h4-9H,1-3H3. The molecule has 2 rings (SSSR count). The fourth-order valence-electron chi connectivity index (χ4n) is 1.62. The largest absolute Gasteiger partial charge is 0.355 e. The second-order valence-electron chi connectivity index (χ2n) is 4.07. The third kappa shape index (κ3) is 1.56. The molecule has 0 aliphatic carbocycles. The number of hydrogen-bond donors (Lipinski definition) is 0. The molecule has 0 saturated carbocycles. The molecule has 2 aromatic rings. The van der Waals surface area contributed by atoms with Gasteiger partial charge in [-0.2, -0.15) is 0 Å². The molecule has 0 radical (unpaired) electrons. The van der Waals surface area contributed by atoms with E-state index in [1.165, 1.54) is 0 Å². The number of hydrogen-bond acceptors (Lipinski definition) is 3. The van der Waals surface area contributed by atoms with E-state index in [2.05, 4.69) is 18.8 Å². The first kappa shape index (κ1) is 10.7. The minimum Gasteiger partial charge on any atom is -0.355 e. The normalized spacial score (nSPS) is 11.0. The summed E-state index contributed by atoms with van der Waals surface area (Å²) in [7, 11) is 1.94. The molecule has 0 spiro atoms. The van der Waals surface area contributed by atoms with Crippen LogP contribution in [0.2, 0.25) is 0 Å². The lowest BCUT2D eigenvalue weighted by Gasteiger charge is -2.21. The highest BCUT2D eigenvalue weighted by Crippen LogP contribution is 2.20. The van der Waals surface area contributed by atoms with Gasteiger partial charge in [-0.15, -0.1) is 0 Å². The van der Waals surface area contributed by atoms with Gasteiger partial charge < -0.3 is 4.90 Å². The van der Waals surface area contributed by atoms with Crippen molar-refractivity contribution in [1.29, 1.82) is 0 Å².